The molecule has 0 radical (unpaired) electrons. The van der Waals surface area contributed by atoms with Crippen LogP contribution < -0.4 is 5.32 Å². The molecular formula is C11H25NO. The molecule has 0 bridgehead atoms. The predicted molar refractivity (Wildman–Crippen MR) is 58.1 cm³/mol. The van der Waals surface area contributed by atoms with Gasteiger partial charge in [0.15, 0.2) is 0 Å². The Hall–Kier alpha value is -0.0800. The van der Waals surface area contributed by atoms with Crippen LogP contribution in [0.3, 0.4) is 0 Å². The molecule has 0 unspecified atom stereocenters. The molecule has 0 aliphatic rings. The molecule has 0 aromatic carbocycles. The van der Waals surface area contributed by atoms with Crippen molar-refractivity contribution in [1.29, 1.82) is 0 Å². The lowest BCUT2D eigenvalue weighted by molar-refractivity contribution is -0.0113. The molecule has 0 saturated heterocycles. The van der Waals surface area contributed by atoms with E-state index >= 15 is 0 Å². The molecule has 0 amide bonds. The predicted octanol–water partition coefficient (Wildman–Crippen LogP) is 2.58. The van der Waals surface area contributed by atoms with Crippen molar-refractivity contribution in [3.05, 3.63) is 0 Å². The smallest absolute Gasteiger partial charge is 0.0598 e. The molecule has 0 aliphatic carbocycles. The molecular weight excluding hydrogens is 162 g/mol. The molecule has 1 N–H and O–H groups in total. The van der Waals surface area contributed by atoms with Gasteiger partial charge >= 0.3 is 0 Å². The maximum Gasteiger partial charge on any atom is 0.0598 e. The van der Waals surface area contributed by atoms with Crippen molar-refractivity contribution in [3.63, 3.8) is 0 Å². The summed E-state index contributed by atoms with van der Waals surface area (Å²) in [5.74, 6) is 0. The van der Waals surface area contributed by atoms with E-state index < -0.39 is 0 Å². The Kier molecular flexibility index (Phi) is 4.93. The minimum Gasteiger partial charge on any atom is -0.376 e. The Balaban J connectivity index is 3.63. The summed E-state index contributed by atoms with van der Waals surface area (Å²) in [6, 6.07) is 0. The normalized spacial score (nSPS) is 13.4. The first kappa shape index (κ1) is 12.9. The molecule has 80 valence electrons. The number of ether oxygens (including phenoxy) is 1. The molecule has 0 saturated carbocycles. The largest absolute Gasteiger partial charge is 0.376 e. The van der Waals surface area contributed by atoms with Crippen molar-refractivity contribution in [3.8, 4) is 0 Å². The maximum atomic E-state index is 5.67. The zero-order chi connectivity index (χ0) is 10.5. The van der Waals surface area contributed by atoms with E-state index in [2.05, 4.69) is 46.9 Å². The molecule has 0 aromatic rings. The highest BCUT2D eigenvalue weighted by Gasteiger charge is 2.17. The molecule has 2 nitrogen and oxygen atoms in total. The lowest BCUT2D eigenvalue weighted by atomic mass is 10.0. The average molecular weight is 187 g/mol. The van der Waals surface area contributed by atoms with Crippen LogP contribution in [-0.2, 0) is 4.74 Å². The van der Waals surface area contributed by atoms with E-state index in [1.807, 2.05) is 0 Å². The Morgan fingerprint density at radius 3 is 2.00 bits per heavy atom. The minimum absolute atomic E-state index is 0.0116. The highest BCUT2D eigenvalue weighted by Crippen LogP contribution is 2.12. The quantitative estimate of drug-likeness (QED) is 0.714. The summed E-state index contributed by atoms with van der Waals surface area (Å²) in [5, 5.41) is 3.43. The third-order valence-electron chi connectivity index (χ3n) is 1.92. The molecule has 0 aromatic heterocycles. The number of rotatable bonds is 5. The first-order valence-electron chi connectivity index (χ1n) is 5.16. The Morgan fingerprint density at radius 1 is 1.08 bits per heavy atom. The van der Waals surface area contributed by atoms with Crippen molar-refractivity contribution >= 4 is 0 Å². The topological polar surface area (TPSA) is 21.3 Å². The standard InChI is InChI=1S/C11H25NO/c1-7-12-11(5,6)8-9-13-10(2,3)4/h12H,7-9H2,1-6H3. The maximum absolute atomic E-state index is 5.67. The Bertz CT molecular complexity index is 136. The van der Waals surface area contributed by atoms with E-state index in [1.165, 1.54) is 0 Å². The summed E-state index contributed by atoms with van der Waals surface area (Å²) < 4.78 is 5.67. The van der Waals surface area contributed by atoms with E-state index in [0.29, 0.717) is 0 Å². The van der Waals surface area contributed by atoms with Crippen LogP contribution in [0.15, 0.2) is 0 Å². The highest BCUT2D eigenvalue weighted by molar-refractivity contribution is 4.76. The molecule has 0 aliphatic heterocycles. The average Bonchev–Trinajstić information content (AvgIpc) is 1.82. The minimum atomic E-state index is -0.0116. The summed E-state index contributed by atoms with van der Waals surface area (Å²) in [7, 11) is 0. The van der Waals surface area contributed by atoms with E-state index in [1.54, 1.807) is 0 Å². The Labute approximate surface area is 83.1 Å². The zero-order valence-electron chi connectivity index (χ0n) is 10.0. The van der Waals surface area contributed by atoms with Crippen LogP contribution in [0.5, 0.6) is 0 Å². The molecule has 0 atom stereocenters. The second-order valence-corrected chi connectivity index (χ2v) is 5.13. The second kappa shape index (κ2) is 4.97. The molecule has 0 spiro atoms. The monoisotopic (exact) mass is 187 g/mol. The third kappa shape index (κ3) is 8.26. The first-order chi connectivity index (χ1) is 5.77. The van der Waals surface area contributed by atoms with Crippen LogP contribution in [0.4, 0.5) is 0 Å². The lowest BCUT2D eigenvalue weighted by Gasteiger charge is -2.28. The van der Waals surface area contributed by atoms with Crippen LogP contribution in [0.25, 0.3) is 0 Å². The van der Waals surface area contributed by atoms with Gasteiger partial charge in [-0.1, -0.05) is 6.92 Å². The summed E-state index contributed by atoms with van der Waals surface area (Å²) in [5.41, 5.74) is 0.183. The fourth-order valence-corrected chi connectivity index (χ4v) is 1.18. The third-order valence-corrected chi connectivity index (χ3v) is 1.92. The van der Waals surface area contributed by atoms with E-state index in [4.69, 9.17) is 4.74 Å². The van der Waals surface area contributed by atoms with Gasteiger partial charge in [0.05, 0.1) is 5.60 Å². The summed E-state index contributed by atoms with van der Waals surface area (Å²) in [4.78, 5) is 0. The van der Waals surface area contributed by atoms with Crippen LogP contribution in [0.1, 0.15) is 48.0 Å². The van der Waals surface area contributed by atoms with Crippen LogP contribution in [-0.4, -0.2) is 24.3 Å². The van der Waals surface area contributed by atoms with Crippen molar-refractivity contribution in [2.45, 2.75) is 59.1 Å². The first-order valence-corrected chi connectivity index (χ1v) is 5.16. The van der Waals surface area contributed by atoms with Gasteiger partial charge in [-0.25, -0.2) is 0 Å². The van der Waals surface area contributed by atoms with Crippen LogP contribution in [0, 0.1) is 0 Å². The molecule has 0 rings (SSSR count). The second-order valence-electron chi connectivity index (χ2n) is 5.13. The van der Waals surface area contributed by atoms with Gasteiger partial charge in [-0.3, -0.25) is 0 Å². The van der Waals surface area contributed by atoms with Gasteiger partial charge in [0.25, 0.3) is 0 Å². The molecule has 2 heteroatoms. The Morgan fingerprint density at radius 2 is 1.62 bits per heavy atom. The summed E-state index contributed by atoms with van der Waals surface area (Å²) in [6.07, 6.45) is 1.05. The van der Waals surface area contributed by atoms with Gasteiger partial charge in [0, 0.05) is 12.1 Å². The fraction of sp³-hybridized carbons (Fsp3) is 1.00. The van der Waals surface area contributed by atoms with Crippen molar-refractivity contribution in [2.24, 2.45) is 0 Å². The number of hydrogen-bond donors (Lipinski definition) is 1. The lowest BCUT2D eigenvalue weighted by Crippen LogP contribution is -2.40. The zero-order valence-corrected chi connectivity index (χ0v) is 10.0. The van der Waals surface area contributed by atoms with Gasteiger partial charge < -0.3 is 10.1 Å². The van der Waals surface area contributed by atoms with Crippen LogP contribution >= 0.6 is 0 Å². The molecule has 13 heavy (non-hydrogen) atoms. The summed E-state index contributed by atoms with van der Waals surface area (Å²) >= 11 is 0. The van der Waals surface area contributed by atoms with E-state index in [9.17, 15) is 0 Å². The van der Waals surface area contributed by atoms with Gasteiger partial charge in [0.2, 0.25) is 0 Å². The highest BCUT2D eigenvalue weighted by atomic mass is 16.5. The fourth-order valence-electron chi connectivity index (χ4n) is 1.18. The van der Waals surface area contributed by atoms with Gasteiger partial charge in [-0.15, -0.1) is 0 Å². The van der Waals surface area contributed by atoms with E-state index in [0.717, 1.165) is 19.6 Å². The van der Waals surface area contributed by atoms with Gasteiger partial charge in [0.1, 0.15) is 0 Å². The summed E-state index contributed by atoms with van der Waals surface area (Å²) in [6.45, 7) is 14.7. The SMILES string of the molecule is CCNC(C)(C)CCOC(C)(C)C. The van der Waals surface area contributed by atoms with Crippen molar-refractivity contribution in [2.75, 3.05) is 13.2 Å². The molecule has 0 fully saturated rings. The van der Waals surface area contributed by atoms with E-state index in [-0.39, 0.29) is 11.1 Å². The van der Waals surface area contributed by atoms with Crippen LogP contribution in [0.2, 0.25) is 0 Å². The number of nitrogens with one attached hydrogen (secondary N) is 1. The van der Waals surface area contributed by atoms with Crippen molar-refractivity contribution < 1.29 is 4.74 Å². The van der Waals surface area contributed by atoms with Crippen molar-refractivity contribution in [1.82, 2.24) is 5.32 Å². The van der Waals surface area contributed by atoms with Gasteiger partial charge in [-0.05, 0) is 47.6 Å². The molecule has 0 heterocycles. The number of hydrogen-bond acceptors (Lipinski definition) is 2. The van der Waals surface area contributed by atoms with Gasteiger partial charge in [-0.2, -0.15) is 0 Å².